The zero-order chi connectivity index (χ0) is 4.99. The molecule has 0 aliphatic carbocycles. The van der Waals surface area contributed by atoms with E-state index >= 15 is 0 Å². The van der Waals surface area contributed by atoms with Crippen LogP contribution in [-0.2, 0) is 0 Å². The molecular formula is C5H9Cl. The van der Waals surface area contributed by atoms with Crippen molar-refractivity contribution in [1.29, 1.82) is 0 Å². The van der Waals surface area contributed by atoms with E-state index in [0.29, 0.717) is 5.92 Å². The normalized spacial score (nSPS) is 11.3. The molecule has 0 N–H and O–H groups in total. The SMILES string of the molecule is CC(C)C=CCl. The highest BCUT2D eigenvalue weighted by Crippen LogP contribution is 1.93. The molecule has 0 unspecified atom stereocenters. The van der Waals surface area contributed by atoms with Crippen molar-refractivity contribution in [3.63, 3.8) is 0 Å². The summed E-state index contributed by atoms with van der Waals surface area (Å²) in [6.45, 7) is 4.16. The first kappa shape index (κ1) is 6.03. The average molecular weight is 105 g/mol. The van der Waals surface area contributed by atoms with Gasteiger partial charge >= 0.3 is 0 Å². The predicted molar refractivity (Wildman–Crippen MR) is 29.8 cm³/mol. The number of hydrogen-bond acceptors (Lipinski definition) is 0. The van der Waals surface area contributed by atoms with Crippen LogP contribution in [0.25, 0.3) is 0 Å². The van der Waals surface area contributed by atoms with Gasteiger partial charge in [0, 0.05) is 5.54 Å². The maximum atomic E-state index is 5.22. The molecule has 0 amide bonds. The van der Waals surface area contributed by atoms with Crippen LogP contribution < -0.4 is 0 Å². The average Bonchev–Trinajstić information content (AvgIpc) is 1.35. The van der Waals surface area contributed by atoms with Gasteiger partial charge in [-0.3, -0.25) is 0 Å². The molecule has 0 saturated carbocycles. The molecule has 0 aromatic heterocycles. The highest BCUT2D eigenvalue weighted by atomic mass is 35.5. The monoisotopic (exact) mass is 104 g/mol. The topological polar surface area (TPSA) is 0 Å². The Morgan fingerprint density at radius 2 is 2.00 bits per heavy atom. The van der Waals surface area contributed by atoms with Crippen LogP contribution >= 0.6 is 11.6 Å². The second kappa shape index (κ2) is 3.23. The van der Waals surface area contributed by atoms with Crippen LogP contribution in [0.2, 0.25) is 0 Å². The van der Waals surface area contributed by atoms with Crippen LogP contribution in [0, 0.1) is 5.92 Å². The molecule has 6 heavy (non-hydrogen) atoms. The van der Waals surface area contributed by atoms with Gasteiger partial charge in [-0.15, -0.1) is 0 Å². The molecule has 36 valence electrons. The molecule has 0 spiro atoms. The van der Waals surface area contributed by atoms with Crippen LogP contribution in [0.3, 0.4) is 0 Å². The Hall–Kier alpha value is 0.0300. The summed E-state index contributed by atoms with van der Waals surface area (Å²) in [5.74, 6) is 0.586. The second-order valence-electron chi connectivity index (χ2n) is 1.56. The van der Waals surface area contributed by atoms with E-state index in [2.05, 4.69) is 13.8 Å². The minimum Gasteiger partial charge on any atom is -0.0933 e. The molecule has 0 aromatic carbocycles. The molecule has 0 fully saturated rings. The molecule has 0 aliphatic heterocycles. The standard InChI is InChI=1S/C5H9Cl/c1-5(2)3-4-6/h3-5H,1-2H3. The lowest BCUT2D eigenvalue weighted by molar-refractivity contribution is 0.833. The zero-order valence-electron chi connectivity index (χ0n) is 4.11. The molecule has 0 aromatic rings. The van der Waals surface area contributed by atoms with Crippen molar-refractivity contribution < 1.29 is 0 Å². The van der Waals surface area contributed by atoms with Crippen molar-refractivity contribution in [1.82, 2.24) is 0 Å². The Labute approximate surface area is 43.8 Å². The van der Waals surface area contributed by atoms with Gasteiger partial charge in [-0.2, -0.15) is 0 Å². The van der Waals surface area contributed by atoms with Crippen molar-refractivity contribution >= 4 is 11.6 Å². The third-order valence-corrected chi connectivity index (χ3v) is 0.603. The van der Waals surface area contributed by atoms with E-state index in [1.54, 1.807) is 5.54 Å². The largest absolute Gasteiger partial charge is 0.0933 e. The summed E-state index contributed by atoms with van der Waals surface area (Å²) >= 11 is 5.22. The first-order valence-corrected chi connectivity index (χ1v) is 2.48. The molecular weight excluding hydrogens is 95.5 g/mol. The summed E-state index contributed by atoms with van der Waals surface area (Å²) in [6, 6.07) is 0. The minimum atomic E-state index is 0.586. The summed E-state index contributed by atoms with van der Waals surface area (Å²) < 4.78 is 0. The number of hydrogen-bond donors (Lipinski definition) is 0. The van der Waals surface area contributed by atoms with E-state index in [4.69, 9.17) is 11.6 Å². The van der Waals surface area contributed by atoms with E-state index in [0.717, 1.165) is 0 Å². The Morgan fingerprint density at radius 1 is 1.50 bits per heavy atom. The van der Waals surface area contributed by atoms with E-state index in [1.807, 2.05) is 6.08 Å². The van der Waals surface area contributed by atoms with Gasteiger partial charge in [0.05, 0.1) is 0 Å². The van der Waals surface area contributed by atoms with Gasteiger partial charge < -0.3 is 0 Å². The molecule has 1 heteroatoms. The maximum Gasteiger partial charge on any atom is 0.000504 e. The van der Waals surface area contributed by atoms with Gasteiger partial charge in [-0.25, -0.2) is 0 Å². The summed E-state index contributed by atoms with van der Waals surface area (Å²) in [7, 11) is 0. The van der Waals surface area contributed by atoms with Gasteiger partial charge in [0.15, 0.2) is 0 Å². The fourth-order valence-electron chi connectivity index (χ4n) is 0.145. The van der Waals surface area contributed by atoms with Crippen LogP contribution in [0.15, 0.2) is 11.6 Å². The van der Waals surface area contributed by atoms with Crippen LogP contribution in [0.5, 0.6) is 0 Å². The summed E-state index contributed by atoms with van der Waals surface area (Å²) in [6.07, 6.45) is 1.93. The van der Waals surface area contributed by atoms with E-state index in [-0.39, 0.29) is 0 Å². The van der Waals surface area contributed by atoms with Crippen LogP contribution in [0.1, 0.15) is 13.8 Å². The molecule has 0 aliphatic rings. The van der Waals surface area contributed by atoms with Gasteiger partial charge in [0.2, 0.25) is 0 Å². The smallest absolute Gasteiger partial charge is 0.000504 e. The predicted octanol–water partition coefficient (Wildman–Crippen LogP) is 2.39. The quantitative estimate of drug-likeness (QED) is 0.479. The van der Waals surface area contributed by atoms with Crippen LogP contribution in [-0.4, -0.2) is 0 Å². The lowest BCUT2D eigenvalue weighted by atomic mass is 10.2. The highest BCUT2D eigenvalue weighted by molar-refractivity contribution is 6.25. The molecule has 0 atom stereocenters. The summed E-state index contributed by atoms with van der Waals surface area (Å²) in [5.41, 5.74) is 1.55. The zero-order valence-corrected chi connectivity index (χ0v) is 4.87. The van der Waals surface area contributed by atoms with Gasteiger partial charge in [-0.05, 0) is 5.92 Å². The van der Waals surface area contributed by atoms with Crippen molar-refractivity contribution in [3.8, 4) is 0 Å². The maximum absolute atomic E-state index is 5.22. The van der Waals surface area contributed by atoms with Gasteiger partial charge in [0.25, 0.3) is 0 Å². The Kier molecular flexibility index (Phi) is 3.24. The lowest BCUT2D eigenvalue weighted by Gasteiger charge is -1.86. The van der Waals surface area contributed by atoms with Gasteiger partial charge in [-0.1, -0.05) is 31.5 Å². The fraction of sp³-hybridized carbons (Fsp3) is 0.600. The second-order valence-corrected chi connectivity index (χ2v) is 1.81. The summed E-state index contributed by atoms with van der Waals surface area (Å²) in [4.78, 5) is 0. The number of allylic oxidation sites excluding steroid dienone is 1. The highest BCUT2D eigenvalue weighted by Gasteiger charge is 1.77. The first-order chi connectivity index (χ1) is 2.77. The van der Waals surface area contributed by atoms with Crippen molar-refractivity contribution in [2.24, 2.45) is 5.92 Å². The van der Waals surface area contributed by atoms with Crippen molar-refractivity contribution in [2.45, 2.75) is 13.8 Å². The van der Waals surface area contributed by atoms with Gasteiger partial charge in [0.1, 0.15) is 0 Å². The van der Waals surface area contributed by atoms with Crippen molar-refractivity contribution in [2.75, 3.05) is 0 Å². The van der Waals surface area contributed by atoms with E-state index in [9.17, 15) is 0 Å². The molecule has 0 nitrogen and oxygen atoms in total. The Balaban J connectivity index is 3.03. The third-order valence-electron chi connectivity index (χ3n) is 0.458. The minimum absolute atomic E-state index is 0.586. The molecule has 0 saturated heterocycles. The molecule has 0 rings (SSSR count). The van der Waals surface area contributed by atoms with E-state index < -0.39 is 0 Å². The Morgan fingerprint density at radius 3 is 2.00 bits per heavy atom. The number of rotatable bonds is 1. The number of halogens is 1. The fourth-order valence-corrected chi connectivity index (χ4v) is 0.436. The van der Waals surface area contributed by atoms with E-state index in [1.165, 1.54) is 0 Å². The van der Waals surface area contributed by atoms with Crippen LogP contribution in [0.4, 0.5) is 0 Å². The molecule has 0 heterocycles. The Bertz CT molecular complexity index is 45.9. The summed E-state index contributed by atoms with van der Waals surface area (Å²) in [5, 5.41) is 0. The molecule has 0 bridgehead atoms. The van der Waals surface area contributed by atoms with Crippen molar-refractivity contribution in [3.05, 3.63) is 11.6 Å². The molecule has 0 radical (unpaired) electrons. The third kappa shape index (κ3) is 4.03. The first-order valence-electron chi connectivity index (χ1n) is 2.04. The lowest BCUT2D eigenvalue weighted by Crippen LogP contribution is -1.72.